The Kier molecular flexibility index (Phi) is 6.90. The van der Waals surface area contributed by atoms with E-state index in [1.807, 2.05) is 29.7 Å². The number of esters is 1. The maximum Gasteiger partial charge on any atom is 0.306 e. The van der Waals surface area contributed by atoms with E-state index in [-0.39, 0.29) is 5.97 Å². The van der Waals surface area contributed by atoms with Gasteiger partial charge in [-0.3, -0.25) is 15.5 Å². The topological polar surface area (TPSA) is 70.9 Å². The van der Waals surface area contributed by atoms with Crippen molar-refractivity contribution in [3.05, 3.63) is 24.3 Å². The number of hydroxylamine groups is 1. The Balaban J connectivity index is 2.35. The fraction of sp³-hybridized carbons (Fsp3) is 0.333. The number of nitrogens with zero attached hydrogens (tertiary/aromatic N) is 1. The summed E-state index contributed by atoms with van der Waals surface area (Å²) in [6, 6.07) is 7.50. The molecule has 0 saturated carbocycles. The van der Waals surface area contributed by atoms with Crippen molar-refractivity contribution in [2.24, 2.45) is 4.99 Å². The van der Waals surface area contributed by atoms with Gasteiger partial charge in [-0.1, -0.05) is 0 Å². The smallest absolute Gasteiger partial charge is 0.306 e. The third-order valence-corrected chi connectivity index (χ3v) is 3.00. The van der Waals surface area contributed by atoms with Crippen molar-refractivity contribution in [2.75, 3.05) is 12.4 Å². The lowest BCUT2D eigenvalue weighted by Crippen LogP contribution is -2.04. The van der Waals surface area contributed by atoms with Crippen LogP contribution in [-0.4, -0.2) is 29.9 Å². The molecular formula is C12H16N2O3S. The highest BCUT2D eigenvalue weighted by Gasteiger charge is 2.02. The lowest BCUT2D eigenvalue weighted by atomic mass is 10.3. The first kappa shape index (κ1) is 14.5. The molecule has 1 aromatic rings. The Morgan fingerprint density at radius 1 is 1.50 bits per heavy atom. The van der Waals surface area contributed by atoms with Crippen LogP contribution < -0.4 is 5.48 Å². The molecule has 0 spiro atoms. The van der Waals surface area contributed by atoms with Gasteiger partial charge in [-0.2, -0.15) is 0 Å². The Labute approximate surface area is 110 Å². The molecular weight excluding hydrogens is 252 g/mol. The molecule has 5 nitrogen and oxygen atoms in total. The molecule has 0 bridgehead atoms. The van der Waals surface area contributed by atoms with Crippen molar-refractivity contribution >= 4 is 29.8 Å². The predicted octanol–water partition coefficient (Wildman–Crippen LogP) is 2.37. The molecule has 0 aliphatic rings. The van der Waals surface area contributed by atoms with Crippen LogP contribution in [0.15, 0.2) is 34.2 Å². The first-order chi connectivity index (χ1) is 8.76. The molecule has 1 rings (SSSR count). The molecule has 1 aromatic carbocycles. The van der Waals surface area contributed by atoms with Gasteiger partial charge in [0.1, 0.15) is 6.34 Å². The maximum absolute atomic E-state index is 11.1. The first-order valence-corrected chi connectivity index (χ1v) is 6.55. The van der Waals surface area contributed by atoms with E-state index in [1.165, 1.54) is 6.34 Å². The van der Waals surface area contributed by atoms with Gasteiger partial charge in [-0.25, -0.2) is 4.99 Å². The van der Waals surface area contributed by atoms with Gasteiger partial charge in [0.05, 0.1) is 18.7 Å². The van der Waals surface area contributed by atoms with Crippen LogP contribution in [0.25, 0.3) is 0 Å². The summed E-state index contributed by atoms with van der Waals surface area (Å²) in [5.74, 6) is 0.528. The number of hydrogen-bond acceptors (Lipinski definition) is 5. The van der Waals surface area contributed by atoms with Crippen molar-refractivity contribution in [3.63, 3.8) is 0 Å². The second-order valence-corrected chi connectivity index (χ2v) is 4.45. The Morgan fingerprint density at radius 2 is 2.22 bits per heavy atom. The molecule has 0 unspecified atom stereocenters. The number of carbonyl (C=O) groups is 1. The van der Waals surface area contributed by atoms with Gasteiger partial charge in [-0.15, -0.1) is 11.8 Å². The molecule has 18 heavy (non-hydrogen) atoms. The maximum atomic E-state index is 11.1. The quantitative estimate of drug-likeness (QED) is 0.261. The minimum absolute atomic E-state index is 0.166. The zero-order valence-corrected chi connectivity index (χ0v) is 10.9. The fourth-order valence-corrected chi connectivity index (χ4v) is 2.05. The van der Waals surface area contributed by atoms with Crippen molar-refractivity contribution in [3.8, 4) is 0 Å². The summed E-state index contributed by atoms with van der Waals surface area (Å²) in [6.45, 7) is 2.22. The van der Waals surface area contributed by atoms with E-state index in [0.29, 0.717) is 18.8 Å². The van der Waals surface area contributed by atoms with Crippen LogP contribution in [0.2, 0.25) is 0 Å². The van der Waals surface area contributed by atoms with Crippen molar-refractivity contribution in [1.82, 2.24) is 5.48 Å². The van der Waals surface area contributed by atoms with Crippen molar-refractivity contribution in [2.45, 2.75) is 18.2 Å². The minimum Gasteiger partial charge on any atom is -0.466 e. The van der Waals surface area contributed by atoms with Crippen LogP contribution in [0.3, 0.4) is 0 Å². The Bertz CT molecular complexity index is 393. The van der Waals surface area contributed by atoms with E-state index in [1.54, 1.807) is 18.7 Å². The van der Waals surface area contributed by atoms with E-state index in [2.05, 4.69) is 4.99 Å². The Hall–Kier alpha value is -1.53. The fourth-order valence-electron chi connectivity index (χ4n) is 1.22. The second-order valence-electron chi connectivity index (χ2n) is 3.28. The minimum atomic E-state index is -0.166. The third kappa shape index (κ3) is 5.70. The lowest BCUT2D eigenvalue weighted by molar-refractivity contribution is -0.142. The van der Waals surface area contributed by atoms with E-state index in [0.717, 1.165) is 10.6 Å². The molecule has 0 aliphatic carbocycles. The number of aliphatic imine (C=N–C) groups is 1. The van der Waals surface area contributed by atoms with Crippen molar-refractivity contribution < 1.29 is 14.7 Å². The number of benzene rings is 1. The molecule has 98 valence electrons. The van der Waals surface area contributed by atoms with E-state index in [9.17, 15) is 4.79 Å². The normalized spacial score (nSPS) is 10.6. The number of nitrogens with one attached hydrogen (secondary N) is 1. The molecule has 6 heteroatoms. The second kappa shape index (κ2) is 8.54. The van der Waals surface area contributed by atoms with Crippen LogP contribution in [0.5, 0.6) is 0 Å². The standard InChI is InChI=1S/C12H16N2O3S/c1-2-17-12(15)7-8-18-11-5-3-10(4-6-11)13-9-14-16/h3-6,9,16H,2,7-8H2,1H3,(H,13,14). The lowest BCUT2D eigenvalue weighted by Gasteiger charge is -2.02. The molecule has 0 aliphatic heterocycles. The molecule has 0 saturated heterocycles. The average molecular weight is 268 g/mol. The number of thioether (sulfide) groups is 1. The summed E-state index contributed by atoms with van der Waals surface area (Å²) in [5.41, 5.74) is 2.58. The molecule has 0 fully saturated rings. The summed E-state index contributed by atoms with van der Waals surface area (Å²) in [5, 5.41) is 8.35. The summed E-state index contributed by atoms with van der Waals surface area (Å²) in [7, 11) is 0. The highest BCUT2D eigenvalue weighted by atomic mass is 32.2. The molecule has 0 heterocycles. The third-order valence-electron chi connectivity index (χ3n) is 1.99. The van der Waals surface area contributed by atoms with Crippen LogP contribution >= 0.6 is 11.8 Å². The summed E-state index contributed by atoms with van der Waals surface area (Å²) >= 11 is 1.59. The van der Waals surface area contributed by atoms with Gasteiger partial charge >= 0.3 is 5.97 Å². The van der Waals surface area contributed by atoms with Crippen LogP contribution in [0.1, 0.15) is 13.3 Å². The first-order valence-electron chi connectivity index (χ1n) is 5.57. The summed E-state index contributed by atoms with van der Waals surface area (Å²) in [6.07, 6.45) is 1.61. The number of carbonyl (C=O) groups excluding carboxylic acids is 1. The largest absolute Gasteiger partial charge is 0.466 e. The molecule has 0 amide bonds. The average Bonchev–Trinajstić information content (AvgIpc) is 2.38. The molecule has 0 atom stereocenters. The zero-order chi connectivity index (χ0) is 13.2. The highest BCUT2D eigenvalue weighted by Crippen LogP contribution is 2.22. The molecule has 2 N–H and O–H groups in total. The van der Waals surface area contributed by atoms with Gasteiger partial charge in [0.2, 0.25) is 0 Å². The zero-order valence-electron chi connectivity index (χ0n) is 10.1. The number of hydrogen-bond donors (Lipinski definition) is 2. The highest BCUT2D eigenvalue weighted by molar-refractivity contribution is 7.99. The van der Waals surface area contributed by atoms with Gasteiger partial charge in [0.25, 0.3) is 0 Å². The number of ether oxygens (including phenoxy) is 1. The SMILES string of the molecule is CCOC(=O)CCSc1ccc(N=CNO)cc1. The van der Waals surface area contributed by atoms with Crippen LogP contribution in [0, 0.1) is 0 Å². The number of rotatable bonds is 7. The molecule has 0 aromatic heterocycles. The van der Waals surface area contributed by atoms with Gasteiger partial charge < -0.3 is 4.74 Å². The van der Waals surface area contributed by atoms with Gasteiger partial charge in [0, 0.05) is 10.6 Å². The van der Waals surface area contributed by atoms with E-state index < -0.39 is 0 Å². The van der Waals surface area contributed by atoms with Gasteiger partial charge in [-0.05, 0) is 31.2 Å². The Morgan fingerprint density at radius 3 is 2.83 bits per heavy atom. The monoisotopic (exact) mass is 268 g/mol. The van der Waals surface area contributed by atoms with E-state index in [4.69, 9.17) is 9.94 Å². The van der Waals surface area contributed by atoms with Crippen LogP contribution in [-0.2, 0) is 9.53 Å². The van der Waals surface area contributed by atoms with Crippen molar-refractivity contribution in [1.29, 1.82) is 0 Å². The van der Waals surface area contributed by atoms with E-state index >= 15 is 0 Å². The molecule has 0 radical (unpaired) electrons. The van der Waals surface area contributed by atoms with Crippen LogP contribution in [0.4, 0.5) is 5.69 Å². The summed E-state index contributed by atoms with van der Waals surface area (Å²) < 4.78 is 4.84. The summed E-state index contributed by atoms with van der Waals surface area (Å²) in [4.78, 5) is 16.1. The predicted molar refractivity (Wildman–Crippen MR) is 71.5 cm³/mol. The van der Waals surface area contributed by atoms with Gasteiger partial charge in [0.15, 0.2) is 0 Å².